The second-order valence-corrected chi connectivity index (χ2v) is 8.08. The summed E-state index contributed by atoms with van der Waals surface area (Å²) >= 11 is 0. The Morgan fingerprint density at radius 3 is 2.52 bits per heavy atom. The molecule has 0 aliphatic carbocycles. The molecule has 0 bridgehead atoms. The number of nitrogens with zero attached hydrogens (tertiary/aromatic N) is 1. The summed E-state index contributed by atoms with van der Waals surface area (Å²) < 4.78 is 18.5. The van der Waals surface area contributed by atoms with Gasteiger partial charge in [0.1, 0.15) is 12.4 Å². The molecule has 29 heavy (non-hydrogen) atoms. The number of nitrogens with one attached hydrogen (secondary N) is 1. The van der Waals surface area contributed by atoms with Crippen LogP contribution in [0.3, 0.4) is 0 Å². The average Bonchev–Trinajstić information content (AvgIpc) is 3.22. The van der Waals surface area contributed by atoms with Crippen molar-refractivity contribution in [2.75, 3.05) is 19.6 Å². The standard InChI is InChI=1S/C23H27FN2O3/c1-23(2,19-8-10-20(24)11-9-19)16-25-21(27)18-12-13-26(14-18)22(28)29-15-17-6-4-3-5-7-17/h3-11,18H,12-16H2,1-2H3,(H,25,27). The predicted octanol–water partition coefficient (Wildman–Crippen LogP) is 3.88. The molecule has 2 aromatic carbocycles. The molecule has 1 saturated heterocycles. The SMILES string of the molecule is CC(C)(CNC(=O)C1CCN(C(=O)OCc2ccccc2)C1)c1ccc(F)cc1. The third kappa shape index (κ3) is 5.56. The molecule has 5 nitrogen and oxygen atoms in total. The number of benzene rings is 2. The molecule has 0 saturated carbocycles. The van der Waals surface area contributed by atoms with Gasteiger partial charge >= 0.3 is 6.09 Å². The molecule has 0 spiro atoms. The molecule has 1 unspecified atom stereocenters. The molecule has 1 aliphatic heterocycles. The molecule has 1 fully saturated rings. The molecular formula is C23H27FN2O3. The minimum absolute atomic E-state index is 0.0708. The molecule has 6 heteroatoms. The van der Waals surface area contributed by atoms with Crippen molar-refractivity contribution < 1.29 is 18.7 Å². The lowest BCUT2D eigenvalue weighted by molar-refractivity contribution is -0.124. The molecule has 2 amide bonds. The van der Waals surface area contributed by atoms with Gasteiger partial charge in [-0.15, -0.1) is 0 Å². The van der Waals surface area contributed by atoms with E-state index in [1.54, 1.807) is 17.0 Å². The largest absolute Gasteiger partial charge is 0.445 e. The van der Waals surface area contributed by atoms with Gasteiger partial charge in [0, 0.05) is 25.0 Å². The maximum absolute atomic E-state index is 13.1. The summed E-state index contributed by atoms with van der Waals surface area (Å²) in [4.78, 5) is 26.4. The summed E-state index contributed by atoms with van der Waals surface area (Å²) in [6.45, 7) is 5.53. The number of likely N-dealkylation sites (tertiary alicyclic amines) is 1. The topological polar surface area (TPSA) is 58.6 Å². The van der Waals surface area contributed by atoms with Crippen LogP contribution in [0.15, 0.2) is 54.6 Å². The van der Waals surface area contributed by atoms with E-state index in [1.807, 2.05) is 44.2 Å². The minimum atomic E-state index is -0.393. The van der Waals surface area contributed by atoms with E-state index in [-0.39, 0.29) is 29.7 Å². The van der Waals surface area contributed by atoms with Crippen molar-refractivity contribution in [3.05, 3.63) is 71.5 Å². The van der Waals surface area contributed by atoms with E-state index in [2.05, 4.69) is 5.32 Å². The van der Waals surface area contributed by atoms with E-state index >= 15 is 0 Å². The van der Waals surface area contributed by atoms with Crippen molar-refractivity contribution in [3.8, 4) is 0 Å². The molecule has 0 aromatic heterocycles. The van der Waals surface area contributed by atoms with E-state index in [4.69, 9.17) is 4.74 Å². The molecule has 1 N–H and O–H groups in total. The zero-order chi connectivity index (χ0) is 20.9. The summed E-state index contributed by atoms with van der Waals surface area (Å²) in [5.41, 5.74) is 1.56. The average molecular weight is 398 g/mol. The van der Waals surface area contributed by atoms with Crippen LogP contribution in [0.4, 0.5) is 9.18 Å². The van der Waals surface area contributed by atoms with Gasteiger partial charge in [-0.2, -0.15) is 0 Å². The number of carbonyl (C=O) groups excluding carboxylic acids is 2. The molecule has 3 rings (SSSR count). The quantitative estimate of drug-likeness (QED) is 0.803. The van der Waals surface area contributed by atoms with Gasteiger partial charge in [0.25, 0.3) is 0 Å². The van der Waals surface area contributed by atoms with Crippen molar-refractivity contribution in [2.24, 2.45) is 5.92 Å². The summed E-state index contributed by atoms with van der Waals surface area (Å²) in [6, 6.07) is 15.8. The van der Waals surface area contributed by atoms with E-state index in [0.29, 0.717) is 26.1 Å². The van der Waals surface area contributed by atoms with Gasteiger partial charge < -0.3 is 15.0 Å². The van der Waals surface area contributed by atoms with Crippen LogP contribution in [0, 0.1) is 11.7 Å². The highest BCUT2D eigenvalue weighted by molar-refractivity contribution is 5.80. The Morgan fingerprint density at radius 2 is 1.83 bits per heavy atom. The first-order chi connectivity index (χ1) is 13.8. The molecule has 1 heterocycles. The Labute approximate surface area is 170 Å². The van der Waals surface area contributed by atoms with Crippen LogP contribution in [0.1, 0.15) is 31.4 Å². The van der Waals surface area contributed by atoms with E-state index < -0.39 is 6.09 Å². The second-order valence-electron chi connectivity index (χ2n) is 8.08. The van der Waals surface area contributed by atoms with Gasteiger partial charge in [-0.25, -0.2) is 9.18 Å². The second kappa shape index (κ2) is 9.07. The van der Waals surface area contributed by atoms with Crippen LogP contribution in [0.2, 0.25) is 0 Å². The molecule has 1 aliphatic rings. The lowest BCUT2D eigenvalue weighted by atomic mass is 9.84. The number of rotatable bonds is 6. The van der Waals surface area contributed by atoms with Crippen LogP contribution in [-0.2, 0) is 21.6 Å². The lowest BCUT2D eigenvalue weighted by Crippen LogP contribution is -2.40. The first kappa shape index (κ1) is 20.8. The number of halogens is 1. The molecule has 0 radical (unpaired) electrons. The number of hydrogen-bond donors (Lipinski definition) is 1. The van der Waals surface area contributed by atoms with E-state index in [0.717, 1.165) is 11.1 Å². The number of hydrogen-bond acceptors (Lipinski definition) is 3. The Kier molecular flexibility index (Phi) is 6.52. The number of ether oxygens (including phenoxy) is 1. The molecule has 154 valence electrons. The Balaban J connectivity index is 1.46. The first-order valence-corrected chi connectivity index (χ1v) is 9.84. The minimum Gasteiger partial charge on any atom is -0.445 e. The third-order valence-electron chi connectivity index (χ3n) is 5.35. The fraction of sp³-hybridized carbons (Fsp3) is 0.391. The van der Waals surface area contributed by atoms with Crippen molar-refractivity contribution in [1.82, 2.24) is 10.2 Å². The zero-order valence-electron chi connectivity index (χ0n) is 16.9. The van der Waals surface area contributed by atoms with Gasteiger partial charge in [-0.3, -0.25) is 4.79 Å². The van der Waals surface area contributed by atoms with Crippen LogP contribution in [-0.4, -0.2) is 36.5 Å². The van der Waals surface area contributed by atoms with Crippen LogP contribution >= 0.6 is 0 Å². The fourth-order valence-electron chi connectivity index (χ4n) is 3.41. The zero-order valence-corrected chi connectivity index (χ0v) is 16.9. The highest BCUT2D eigenvalue weighted by Crippen LogP contribution is 2.23. The highest BCUT2D eigenvalue weighted by atomic mass is 19.1. The summed E-state index contributed by atoms with van der Waals surface area (Å²) in [7, 11) is 0. The van der Waals surface area contributed by atoms with Crippen LogP contribution < -0.4 is 5.32 Å². The lowest BCUT2D eigenvalue weighted by Gasteiger charge is -2.26. The Hall–Kier alpha value is -2.89. The van der Waals surface area contributed by atoms with Gasteiger partial charge in [-0.05, 0) is 29.7 Å². The number of carbonyl (C=O) groups is 2. The summed E-state index contributed by atoms with van der Waals surface area (Å²) in [6.07, 6.45) is 0.222. The van der Waals surface area contributed by atoms with Crippen LogP contribution in [0.25, 0.3) is 0 Å². The number of amides is 2. The van der Waals surface area contributed by atoms with Crippen molar-refractivity contribution in [1.29, 1.82) is 0 Å². The summed E-state index contributed by atoms with van der Waals surface area (Å²) in [5.74, 6) is -0.597. The maximum atomic E-state index is 13.1. The van der Waals surface area contributed by atoms with Crippen molar-refractivity contribution >= 4 is 12.0 Å². The van der Waals surface area contributed by atoms with E-state index in [1.165, 1.54) is 12.1 Å². The molecular weight excluding hydrogens is 371 g/mol. The van der Waals surface area contributed by atoms with Gasteiger partial charge in [0.15, 0.2) is 0 Å². The smallest absolute Gasteiger partial charge is 0.410 e. The van der Waals surface area contributed by atoms with Gasteiger partial charge in [0.2, 0.25) is 5.91 Å². The predicted molar refractivity (Wildman–Crippen MR) is 109 cm³/mol. The fourth-order valence-corrected chi connectivity index (χ4v) is 3.41. The Bertz CT molecular complexity index is 837. The van der Waals surface area contributed by atoms with Crippen molar-refractivity contribution in [2.45, 2.75) is 32.3 Å². The van der Waals surface area contributed by atoms with Gasteiger partial charge in [-0.1, -0.05) is 56.3 Å². The normalized spacial score (nSPS) is 16.5. The third-order valence-corrected chi connectivity index (χ3v) is 5.35. The molecule has 1 atom stereocenters. The monoisotopic (exact) mass is 398 g/mol. The highest BCUT2D eigenvalue weighted by Gasteiger charge is 2.32. The van der Waals surface area contributed by atoms with Crippen molar-refractivity contribution in [3.63, 3.8) is 0 Å². The Morgan fingerprint density at radius 1 is 1.14 bits per heavy atom. The molecule has 2 aromatic rings. The van der Waals surface area contributed by atoms with Crippen LogP contribution in [0.5, 0.6) is 0 Å². The first-order valence-electron chi connectivity index (χ1n) is 9.84. The van der Waals surface area contributed by atoms with E-state index in [9.17, 15) is 14.0 Å². The maximum Gasteiger partial charge on any atom is 0.410 e. The van der Waals surface area contributed by atoms with Gasteiger partial charge in [0.05, 0.1) is 5.92 Å². The summed E-state index contributed by atoms with van der Waals surface area (Å²) in [5, 5.41) is 2.98.